The molecule has 1 atom stereocenters. The van der Waals surface area contributed by atoms with Gasteiger partial charge in [-0.2, -0.15) is 5.10 Å². The van der Waals surface area contributed by atoms with Gasteiger partial charge in [-0.25, -0.2) is 4.39 Å². The molecule has 0 fully saturated rings. The number of carbonyl (C=O) groups is 2. The van der Waals surface area contributed by atoms with Crippen LogP contribution >= 0.6 is 0 Å². The molecule has 1 unspecified atom stereocenters. The molecular weight excluding hydrogens is 537 g/mol. The van der Waals surface area contributed by atoms with Crippen LogP contribution in [0, 0.1) is 5.82 Å². The van der Waals surface area contributed by atoms with Crippen molar-refractivity contribution in [2.75, 3.05) is 20.8 Å². The highest BCUT2D eigenvalue weighted by atomic mass is 19.1. The Balaban J connectivity index is 1.54. The van der Waals surface area contributed by atoms with E-state index >= 15 is 0 Å². The minimum atomic E-state index is -0.974. The maximum Gasteiger partial charge on any atom is 0.305 e. The first-order valence-corrected chi connectivity index (χ1v) is 13.4. The van der Waals surface area contributed by atoms with Crippen molar-refractivity contribution in [2.45, 2.75) is 19.4 Å². The monoisotopic (exact) mass is 567 g/mol. The summed E-state index contributed by atoms with van der Waals surface area (Å²) in [5.74, 6) is -0.561. The number of ether oxygens (including phenoxy) is 2. The first-order valence-electron chi connectivity index (χ1n) is 13.4. The third kappa shape index (κ3) is 5.95. The average Bonchev–Trinajstić information content (AvgIpc) is 3.45. The van der Waals surface area contributed by atoms with Crippen LogP contribution in [0.5, 0.6) is 11.5 Å². The predicted molar refractivity (Wildman–Crippen MR) is 159 cm³/mol. The van der Waals surface area contributed by atoms with Crippen molar-refractivity contribution in [3.8, 4) is 34.0 Å². The zero-order valence-electron chi connectivity index (χ0n) is 23.4. The number of methoxy groups -OCH3 is 2. The fraction of sp³-hybridized carbons (Fsp3) is 0.182. The van der Waals surface area contributed by atoms with Crippen molar-refractivity contribution in [1.29, 1.82) is 0 Å². The molecule has 5 rings (SSSR count). The predicted octanol–water partition coefficient (Wildman–Crippen LogP) is 6.34. The van der Waals surface area contributed by atoms with Crippen molar-refractivity contribution in [3.63, 3.8) is 0 Å². The summed E-state index contributed by atoms with van der Waals surface area (Å²) in [7, 11) is 3.13. The smallest absolute Gasteiger partial charge is 0.305 e. The summed E-state index contributed by atoms with van der Waals surface area (Å²) < 4.78 is 26.7. The Labute approximate surface area is 242 Å². The second-order valence-electron chi connectivity index (χ2n) is 9.83. The molecule has 4 aromatic carbocycles. The van der Waals surface area contributed by atoms with Crippen molar-refractivity contribution in [2.24, 2.45) is 0 Å². The first-order chi connectivity index (χ1) is 20.3. The molecule has 1 aromatic heterocycles. The molecule has 0 aliphatic carbocycles. The highest BCUT2D eigenvalue weighted by molar-refractivity contribution is 5.94. The molecule has 9 heteroatoms. The van der Waals surface area contributed by atoms with E-state index in [4.69, 9.17) is 19.7 Å². The first kappa shape index (κ1) is 28.4. The Morgan fingerprint density at radius 3 is 2.38 bits per heavy atom. The second kappa shape index (κ2) is 12.1. The lowest BCUT2D eigenvalue weighted by molar-refractivity contribution is -0.136. The normalized spacial score (nSPS) is 11.7. The number of aliphatic carboxylic acids is 1. The highest BCUT2D eigenvalue weighted by Crippen LogP contribution is 2.36. The van der Waals surface area contributed by atoms with Gasteiger partial charge in [-0.3, -0.25) is 14.3 Å². The van der Waals surface area contributed by atoms with Crippen LogP contribution in [0.25, 0.3) is 33.3 Å². The fourth-order valence-electron chi connectivity index (χ4n) is 4.86. The summed E-state index contributed by atoms with van der Waals surface area (Å²) in [4.78, 5) is 23.2. The zero-order valence-corrected chi connectivity index (χ0v) is 23.4. The molecule has 0 aliphatic heterocycles. The summed E-state index contributed by atoms with van der Waals surface area (Å²) in [5.41, 5.74) is 4.40. The van der Waals surface area contributed by atoms with E-state index in [0.29, 0.717) is 22.6 Å². The zero-order chi connectivity index (χ0) is 29.8. The van der Waals surface area contributed by atoms with Crippen LogP contribution in [0.2, 0.25) is 0 Å². The molecule has 1 heterocycles. The molecule has 8 nitrogen and oxygen atoms in total. The molecule has 0 aliphatic rings. The number of carbonyl (C=O) groups excluding carboxylic acids is 1. The largest absolute Gasteiger partial charge is 0.497 e. The summed E-state index contributed by atoms with van der Waals surface area (Å²) in [6, 6.07) is 25.3. The number of nitrogens with one attached hydrogen (secondary N) is 1. The third-order valence-electron chi connectivity index (χ3n) is 7.16. The van der Waals surface area contributed by atoms with Gasteiger partial charge in [0.15, 0.2) is 0 Å². The number of halogens is 1. The molecule has 5 aromatic rings. The SMILES string of the molecule is COc1ccc2cc(-c3cc(-c4ccc(F)cc4OC)nn3C(C)c3ccc(C(=O)NCCC(=O)O)cc3)ccc2c1. The van der Waals surface area contributed by atoms with Gasteiger partial charge in [0.1, 0.15) is 17.3 Å². The molecule has 42 heavy (non-hydrogen) atoms. The van der Waals surface area contributed by atoms with Gasteiger partial charge in [0.2, 0.25) is 0 Å². The molecule has 0 spiro atoms. The molecule has 0 saturated heterocycles. The number of fused-ring (bicyclic) bond motifs is 1. The van der Waals surface area contributed by atoms with E-state index in [-0.39, 0.29) is 24.9 Å². The second-order valence-corrected chi connectivity index (χ2v) is 9.83. The highest BCUT2D eigenvalue weighted by Gasteiger charge is 2.20. The van der Waals surface area contributed by atoms with E-state index in [1.807, 2.05) is 60.1 Å². The number of carboxylic acid groups (broad SMARTS) is 1. The topological polar surface area (TPSA) is 103 Å². The van der Waals surface area contributed by atoms with E-state index in [1.165, 1.54) is 19.2 Å². The minimum Gasteiger partial charge on any atom is -0.497 e. The van der Waals surface area contributed by atoms with Crippen LogP contribution in [-0.2, 0) is 4.79 Å². The summed E-state index contributed by atoms with van der Waals surface area (Å²) in [5, 5.41) is 18.4. The van der Waals surface area contributed by atoms with E-state index in [0.717, 1.165) is 33.3 Å². The van der Waals surface area contributed by atoms with Gasteiger partial charge < -0.3 is 19.9 Å². The Bertz CT molecular complexity index is 1760. The molecule has 0 bridgehead atoms. The van der Waals surface area contributed by atoms with E-state index in [9.17, 15) is 14.0 Å². The number of carboxylic acids is 1. The lowest BCUT2D eigenvalue weighted by Gasteiger charge is -2.17. The van der Waals surface area contributed by atoms with E-state index < -0.39 is 11.8 Å². The van der Waals surface area contributed by atoms with Crippen LogP contribution in [0.15, 0.2) is 84.9 Å². The number of benzene rings is 4. The number of amides is 1. The molecule has 2 N–H and O–H groups in total. The Morgan fingerprint density at radius 2 is 1.67 bits per heavy atom. The molecule has 1 amide bonds. The molecule has 0 saturated carbocycles. The van der Waals surface area contributed by atoms with Crippen LogP contribution in [0.3, 0.4) is 0 Å². The maximum atomic E-state index is 14.0. The maximum absolute atomic E-state index is 14.0. The summed E-state index contributed by atoms with van der Waals surface area (Å²) >= 11 is 0. The number of aromatic nitrogens is 2. The van der Waals surface area contributed by atoms with Crippen molar-refractivity contribution >= 4 is 22.6 Å². The fourth-order valence-corrected chi connectivity index (χ4v) is 4.86. The number of hydrogen-bond acceptors (Lipinski definition) is 5. The van der Waals surface area contributed by atoms with Gasteiger partial charge >= 0.3 is 5.97 Å². The number of nitrogens with zero attached hydrogens (tertiary/aromatic N) is 2. The molecular formula is C33H30FN3O5. The lowest BCUT2D eigenvalue weighted by Crippen LogP contribution is -2.26. The van der Waals surface area contributed by atoms with Gasteiger partial charge in [0.05, 0.1) is 38.1 Å². The third-order valence-corrected chi connectivity index (χ3v) is 7.16. The van der Waals surface area contributed by atoms with E-state index in [1.54, 1.807) is 25.3 Å². The molecule has 0 radical (unpaired) electrons. The van der Waals surface area contributed by atoms with Crippen LogP contribution < -0.4 is 14.8 Å². The minimum absolute atomic E-state index is 0.0527. The van der Waals surface area contributed by atoms with Gasteiger partial charge in [-0.15, -0.1) is 0 Å². The van der Waals surface area contributed by atoms with Crippen molar-refractivity contribution in [1.82, 2.24) is 15.1 Å². The van der Waals surface area contributed by atoms with Gasteiger partial charge in [0.25, 0.3) is 5.91 Å². The summed E-state index contributed by atoms with van der Waals surface area (Å²) in [6.45, 7) is 2.06. The van der Waals surface area contributed by atoms with E-state index in [2.05, 4.69) is 11.4 Å². The van der Waals surface area contributed by atoms with Crippen LogP contribution in [0.4, 0.5) is 4.39 Å². The standard InChI is InChI=1S/C33H30FN3O5/c1-20(21-4-6-22(7-5-21)33(40)35-15-14-32(38)39)37-30(19-29(36-37)28-13-11-26(34)18-31(28)42-3)25-9-8-24-17-27(41-2)12-10-23(24)16-25/h4-13,16-20H,14-15H2,1-3H3,(H,35,40)(H,38,39). The van der Waals surface area contributed by atoms with Gasteiger partial charge in [0, 0.05) is 29.3 Å². The Kier molecular flexibility index (Phi) is 8.19. The molecule has 214 valence electrons. The van der Waals surface area contributed by atoms with Gasteiger partial charge in [-0.1, -0.05) is 30.3 Å². The quantitative estimate of drug-likeness (QED) is 0.204. The van der Waals surface area contributed by atoms with Crippen LogP contribution in [0.1, 0.15) is 35.3 Å². The Morgan fingerprint density at radius 1 is 0.929 bits per heavy atom. The van der Waals surface area contributed by atoms with Crippen molar-refractivity contribution in [3.05, 3.63) is 102 Å². The van der Waals surface area contributed by atoms with Crippen LogP contribution in [-0.4, -0.2) is 47.5 Å². The number of rotatable bonds is 10. The Hall–Kier alpha value is -5.18. The van der Waals surface area contributed by atoms with Crippen molar-refractivity contribution < 1.29 is 28.6 Å². The average molecular weight is 568 g/mol. The number of hydrogen-bond donors (Lipinski definition) is 2. The lowest BCUT2D eigenvalue weighted by atomic mass is 10.0. The summed E-state index contributed by atoms with van der Waals surface area (Å²) in [6.07, 6.45) is -0.146. The van der Waals surface area contributed by atoms with Gasteiger partial charge in [-0.05, 0) is 71.8 Å².